The molecule has 0 fully saturated rings. The minimum atomic E-state index is -0.595. The molecule has 0 unspecified atom stereocenters. The highest BCUT2D eigenvalue weighted by Crippen LogP contribution is 2.30. The van der Waals surface area contributed by atoms with Crippen LogP contribution in [-0.4, -0.2) is 46.8 Å². The zero-order chi connectivity index (χ0) is 23.9. The highest BCUT2D eigenvalue weighted by Gasteiger charge is 2.26. The molecule has 176 valence electrons. The van der Waals surface area contributed by atoms with Gasteiger partial charge in [0.25, 0.3) is 0 Å². The summed E-state index contributed by atoms with van der Waals surface area (Å²) in [6, 6.07) is 9.78. The number of aromatic nitrogens is 7. The van der Waals surface area contributed by atoms with Gasteiger partial charge in [0.15, 0.2) is 17.5 Å². The third-order valence-electron chi connectivity index (χ3n) is 5.92. The maximum Gasteiger partial charge on any atom is 0.235 e. The van der Waals surface area contributed by atoms with Crippen molar-refractivity contribution in [2.24, 2.45) is 0 Å². The van der Waals surface area contributed by atoms with E-state index in [1.807, 2.05) is 0 Å². The highest BCUT2D eigenvalue weighted by atomic mass is 19.1. The normalized spacial score (nSPS) is 13.3. The van der Waals surface area contributed by atoms with Crippen LogP contribution in [0.25, 0.3) is 22.9 Å². The van der Waals surface area contributed by atoms with Gasteiger partial charge in [0.2, 0.25) is 5.88 Å². The summed E-state index contributed by atoms with van der Waals surface area (Å²) in [5.41, 5.74) is 3.30. The minimum Gasteiger partial charge on any atom is -0.492 e. The van der Waals surface area contributed by atoms with Crippen molar-refractivity contribution in [1.29, 1.82) is 0 Å². The average molecular weight is 476 g/mol. The van der Waals surface area contributed by atoms with Gasteiger partial charge in [0, 0.05) is 30.3 Å². The first-order valence-corrected chi connectivity index (χ1v) is 10.8. The number of H-pyrrole nitrogens is 1. The Balaban J connectivity index is 1.38. The number of aromatic hydroxyl groups is 1. The molecule has 0 amide bonds. The molecule has 35 heavy (non-hydrogen) atoms. The molecule has 0 bridgehead atoms. The van der Waals surface area contributed by atoms with Gasteiger partial charge in [0.1, 0.15) is 23.5 Å². The predicted octanol–water partition coefficient (Wildman–Crippen LogP) is 3.31. The van der Waals surface area contributed by atoms with E-state index < -0.39 is 5.82 Å². The predicted molar refractivity (Wildman–Crippen MR) is 119 cm³/mol. The molecule has 0 spiro atoms. The summed E-state index contributed by atoms with van der Waals surface area (Å²) < 4.78 is 35.6. The fraction of sp³-hybridized carbons (Fsp3) is 0.174. The van der Waals surface area contributed by atoms with Crippen LogP contribution in [0.5, 0.6) is 5.88 Å². The number of aromatic amines is 1. The fourth-order valence-corrected chi connectivity index (χ4v) is 4.15. The van der Waals surface area contributed by atoms with Gasteiger partial charge in [-0.15, -0.1) is 5.10 Å². The molecule has 5 aromatic rings. The van der Waals surface area contributed by atoms with Crippen molar-refractivity contribution in [3.63, 3.8) is 0 Å². The standard InChI is InChI=1S/C23H18F2N8O2/c24-15-4-2-1-3-13(15)11-33-20(18-6-8-35-31-18)9-19(30-33)21-26-10-16(25)22(27-21)32-7-5-17-14(12-32)23(34)29-28-17/h1-4,6,8-10H,5,7,11-12H2,(H2,28,29,34). The monoisotopic (exact) mass is 476 g/mol. The number of anilines is 1. The Labute approximate surface area is 196 Å². The third-order valence-corrected chi connectivity index (χ3v) is 5.92. The summed E-state index contributed by atoms with van der Waals surface area (Å²) in [6.45, 7) is 0.864. The molecule has 0 saturated heterocycles. The van der Waals surface area contributed by atoms with Crippen LogP contribution in [-0.2, 0) is 19.5 Å². The second kappa shape index (κ2) is 8.31. The Bertz CT molecular complexity index is 1510. The lowest BCUT2D eigenvalue weighted by Crippen LogP contribution is -2.31. The maximum absolute atomic E-state index is 14.8. The van der Waals surface area contributed by atoms with Crippen LogP contribution in [0.1, 0.15) is 16.8 Å². The van der Waals surface area contributed by atoms with Gasteiger partial charge in [-0.05, 0) is 12.1 Å². The van der Waals surface area contributed by atoms with Crippen molar-refractivity contribution in [3.8, 4) is 28.8 Å². The largest absolute Gasteiger partial charge is 0.492 e. The summed E-state index contributed by atoms with van der Waals surface area (Å²) in [4.78, 5) is 10.3. The van der Waals surface area contributed by atoms with Crippen LogP contribution >= 0.6 is 0 Å². The van der Waals surface area contributed by atoms with Gasteiger partial charge in [-0.25, -0.2) is 18.7 Å². The smallest absolute Gasteiger partial charge is 0.235 e. The van der Waals surface area contributed by atoms with Gasteiger partial charge in [0.05, 0.1) is 30.5 Å². The average Bonchev–Trinajstić information content (AvgIpc) is 3.61. The number of hydrogen-bond donors (Lipinski definition) is 2. The second-order valence-electron chi connectivity index (χ2n) is 8.09. The van der Waals surface area contributed by atoms with Gasteiger partial charge >= 0.3 is 0 Å². The lowest BCUT2D eigenvalue weighted by molar-refractivity contribution is 0.421. The molecule has 4 aromatic heterocycles. The fourth-order valence-electron chi connectivity index (χ4n) is 4.15. The lowest BCUT2D eigenvalue weighted by atomic mass is 10.1. The lowest BCUT2D eigenvalue weighted by Gasteiger charge is -2.27. The zero-order valence-corrected chi connectivity index (χ0v) is 18.2. The number of benzene rings is 1. The first kappa shape index (κ1) is 21.0. The molecule has 0 atom stereocenters. The van der Waals surface area contributed by atoms with Crippen LogP contribution in [0.3, 0.4) is 0 Å². The zero-order valence-electron chi connectivity index (χ0n) is 18.2. The Morgan fingerprint density at radius 2 is 2.00 bits per heavy atom. The van der Waals surface area contributed by atoms with Crippen molar-refractivity contribution in [1.82, 2.24) is 35.1 Å². The Kier molecular flexibility index (Phi) is 4.98. The van der Waals surface area contributed by atoms with E-state index in [2.05, 4.69) is 30.4 Å². The maximum atomic E-state index is 14.8. The van der Waals surface area contributed by atoms with Crippen LogP contribution in [0.15, 0.2) is 53.4 Å². The molecule has 1 aliphatic rings. The molecule has 0 saturated carbocycles. The number of hydrogen-bond acceptors (Lipinski definition) is 8. The van der Waals surface area contributed by atoms with Crippen molar-refractivity contribution in [2.75, 3.05) is 11.4 Å². The summed E-state index contributed by atoms with van der Waals surface area (Å²) >= 11 is 0. The molecule has 0 aliphatic carbocycles. The molecule has 2 N–H and O–H groups in total. The van der Waals surface area contributed by atoms with Crippen LogP contribution in [0.4, 0.5) is 14.6 Å². The van der Waals surface area contributed by atoms with Crippen LogP contribution < -0.4 is 4.90 Å². The Morgan fingerprint density at radius 3 is 2.83 bits per heavy atom. The SMILES string of the molecule is Oc1n[nH]c2c1CN(c1nc(-c3cc(-c4ccon4)n(Cc4ccccc4F)n3)ncc1F)CC2. The number of fused-ring (bicyclic) bond motifs is 1. The van der Waals surface area contributed by atoms with E-state index in [9.17, 15) is 13.9 Å². The molecule has 10 nitrogen and oxygen atoms in total. The van der Waals surface area contributed by atoms with Crippen molar-refractivity contribution >= 4 is 5.82 Å². The third kappa shape index (κ3) is 3.78. The van der Waals surface area contributed by atoms with Gasteiger partial charge in [-0.3, -0.25) is 9.78 Å². The topological polar surface area (TPSA) is 122 Å². The molecule has 1 aromatic carbocycles. The Morgan fingerprint density at radius 1 is 1.11 bits per heavy atom. The molecule has 12 heteroatoms. The molecular weight excluding hydrogens is 458 g/mol. The van der Waals surface area contributed by atoms with Crippen molar-refractivity contribution < 1.29 is 18.4 Å². The highest BCUT2D eigenvalue weighted by molar-refractivity contribution is 5.63. The van der Waals surface area contributed by atoms with Crippen molar-refractivity contribution in [3.05, 3.63) is 77.3 Å². The van der Waals surface area contributed by atoms with E-state index in [1.165, 1.54) is 12.3 Å². The van der Waals surface area contributed by atoms with E-state index in [4.69, 9.17) is 4.52 Å². The number of nitrogens with zero attached hydrogens (tertiary/aromatic N) is 7. The van der Waals surface area contributed by atoms with E-state index in [1.54, 1.807) is 39.9 Å². The van der Waals surface area contributed by atoms with Gasteiger partial charge in [-0.1, -0.05) is 23.4 Å². The van der Waals surface area contributed by atoms with E-state index in [-0.39, 0.29) is 36.4 Å². The number of halogens is 2. The quantitative estimate of drug-likeness (QED) is 0.396. The number of rotatable bonds is 5. The number of nitrogens with one attached hydrogen (secondary N) is 1. The first-order valence-electron chi connectivity index (χ1n) is 10.8. The first-order chi connectivity index (χ1) is 17.1. The van der Waals surface area contributed by atoms with Gasteiger partial charge < -0.3 is 14.5 Å². The van der Waals surface area contributed by atoms with Gasteiger partial charge in [-0.2, -0.15) is 5.10 Å². The molecule has 0 radical (unpaired) electrons. The molecule has 1 aliphatic heterocycles. The summed E-state index contributed by atoms with van der Waals surface area (Å²) in [5, 5.41) is 25.1. The van der Waals surface area contributed by atoms with E-state index >= 15 is 0 Å². The minimum absolute atomic E-state index is 0.0906. The van der Waals surface area contributed by atoms with Crippen LogP contribution in [0, 0.1) is 11.6 Å². The Hall–Kier alpha value is -4.61. The second-order valence-corrected chi connectivity index (χ2v) is 8.09. The van der Waals surface area contributed by atoms with E-state index in [0.717, 1.165) is 11.9 Å². The van der Waals surface area contributed by atoms with Crippen LogP contribution in [0.2, 0.25) is 0 Å². The summed E-state index contributed by atoms with van der Waals surface area (Å²) in [7, 11) is 0. The summed E-state index contributed by atoms with van der Waals surface area (Å²) in [6.07, 6.45) is 3.07. The summed E-state index contributed by atoms with van der Waals surface area (Å²) in [5.74, 6) is -0.775. The molecule has 5 heterocycles. The van der Waals surface area contributed by atoms with E-state index in [0.29, 0.717) is 41.2 Å². The molecular formula is C23H18F2N8O2. The molecule has 6 rings (SSSR count). The van der Waals surface area contributed by atoms with Crippen molar-refractivity contribution in [2.45, 2.75) is 19.5 Å².